The second-order valence-corrected chi connectivity index (χ2v) is 7.31. The smallest absolute Gasteiger partial charge is 0.314 e. The molecule has 0 bridgehead atoms. The van der Waals surface area contributed by atoms with Crippen molar-refractivity contribution in [3.8, 4) is 0 Å². The summed E-state index contributed by atoms with van der Waals surface area (Å²) in [4.78, 5) is 13.1. The molecule has 0 aliphatic carbocycles. The predicted octanol–water partition coefficient (Wildman–Crippen LogP) is 5.81. The third-order valence-electron chi connectivity index (χ3n) is 5.72. The van der Waals surface area contributed by atoms with Crippen LogP contribution in [0.5, 0.6) is 0 Å². The topological polar surface area (TPSA) is 26.3 Å². The molecule has 28 heavy (non-hydrogen) atoms. The fourth-order valence-corrected chi connectivity index (χ4v) is 4.38. The van der Waals surface area contributed by atoms with Gasteiger partial charge in [0.15, 0.2) is 5.60 Å². The van der Waals surface area contributed by atoms with Crippen LogP contribution in [0.3, 0.4) is 0 Å². The van der Waals surface area contributed by atoms with Gasteiger partial charge in [-0.25, -0.2) is 0 Å². The van der Waals surface area contributed by atoms with Crippen molar-refractivity contribution in [3.63, 3.8) is 0 Å². The van der Waals surface area contributed by atoms with Crippen LogP contribution >= 0.6 is 0 Å². The molecule has 2 atom stereocenters. The van der Waals surface area contributed by atoms with Gasteiger partial charge in [0, 0.05) is 17.5 Å². The quantitative estimate of drug-likeness (QED) is 0.429. The first-order valence-corrected chi connectivity index (χ1v) is 9.59. The van der Waals surface area contributed by atoms with E-state index in [0.717, 1.165) is 27.5 Å². The lowest BCUT2D eigenvalue weighted by molar-refractivity contribution is -0.147. The van der Waals surface area contributed by atoms with Crippen LogP contribution in [0.25, 0.3) is 10.8 Å². The van der Waals surface area contributed by atoms with Crippen molar-refractivity contribution in [2.45, 2.75) is 17.9 Å². The highest BCUT2D eigenvalue weighted by Gasteiger charge is 2.50. The Bertz CT molecular complexity index is 1130. The van der Waals surface area contributed by atoms with Gasteiger partial charge in [-0.1, -0.05) is 103 Å². The minimum atomic E-state index is -0.792. The number of hydrogen-bond acceptors (Lipinski definition) is 2. The van der Waals surface area contributed by atoms with Crippen LogP contribution in [0.2, 0.25) is 0 Å². The number of benzene rings is 4. The van der Waals surface area contributed by atoms with E-state index in [1.165, 1.54) is 0 Å². The van der Waals surface area contributed by atoms with E-state index in [2.05, 4.69) is 36.4 Å². The molecule has 2 heteroatoms. The molecule has 4 aromatic rings. The molecule has 4 aromatic carbocycles. The molecule has 1 fully saturated rings. The summed E-state index contributed by atoms with van der Waals surface area (Å²) in [5.41, 5.74) is 2.27. The summed E-state index contributed by atoms with van der Waals surface area (Å²) < 4.78 is 6.26. The third kappa shape index (κ3) is 2.61. The lowest BCUT2D eigenvalue weighted by Gasteiger charge is -2.30. The first-order chi connectivity index (χ1) is 13.8. The highest BCUT2D eigenvalue weighted by atomic mass is 16.6. The van der Waals surface area contributed by atoms with Gasteiger partial charge in [0.25, 0.3) is 0 Å². The molecule has 1 heterocycles. The van der Waals surface area contributed by atoms with Crippen molar-refractivity contribution in [1.29, 1.82) is 0 Å². The molecular weight excluding hydrogens is 344 g/mol. The number of esters is 1. The third-order valence-corrected chi connectivity index (χ3v) is 5.72. The zero-order chi connectivity index (χ0) is 19.0. The van der Waals surface area contributed by atoms with Gasteiger partial charge in [0.1, 0.15) is 0 Å². The zero-order valence-corrected chi connectivity index (χ0v) is 15.4. The Hall–Kier alpha value is -3.39. The Kier molecular flexibility index (Phi) is 3.98. The van der Waals surface area contributed by atoms with Crippen LogP contribution in [-0.4, -0.2) is 5.97 Å². The number of ether oxygens (including phenoxy) is 1. The van der Waals surface area contributed by atoms with Crippen LogP contribution in [0, 0.1) is 0 Å². The second-order valence-electron chi connectivity index (χ2n) is 7.31. The highest BCUT2D eigenvalue weighted by molar-refractivity contribution is 5.89. The fraction of sp³-hybridized carbons (Fsp3) is 0.115. The zero-order valence-electron chi connectivity index (χ0n) is 15.4. The lowest BCUT2D eigenvalue weighted by atomic mass is 9.78. The molecule has 2 nitrogen and oxygen atoms in total. The molecular formula is C26H20O2. The SMILES string of the molecule is O=C1O[C@@](c2ccccc2)(c2cccc3ccccc23)C[C@@H]1c1ccccc1. The maximum absolute atomic E-state index is 13.1. The van der Waals surface area contributed by atoms with Gasteiger partial charge in [-0.2, -0.15) is 0 Å². The molecule has 1 aliphatic heterocycles. The van der Waals surface area contributed by atoms with Gasteiger partial charge in [-0.05, 0) is 16.3 Å². The summed E-state index contributed by atoms with van der Waals surface area (Å²) in [7, 11) is 0. The number of fused-ring (bicyclic) bond motifs is 1. The standard InChI is InChI=1S/C26H20O2/c27-25-23(20-10-3-1-4-11-20)18-26(28-25,21-14-5-2-6-15-21)24-17-9-13-19-12-7-8-16-22(19)24/h1-17,23H,18H2/t23-,26+/m1/s1. The van der Waals surface area contributed by atoms with E-state index < -0.39 is 5.60 Å². The predicted molar refractivity (Wildman–Crippen MR) is 111 cm³/mol. The lowest BCUT2D eigenvalue weighted by Crippen LogP contribution is -2.27. The summed E-state index contributed by atoms with van der Waals surface area (Å²) in [6.07, 6.45) is 0.591. The molecule has 1 saturated heterocycles. The van der Waals surface area contributed by atoms with Crippen molar-refractivity contribution in [1.82, 2.24) is 0 Å². The largest absolute Gasteiger partial charge is 0.449 e. The van der Waals surface area contributed by atoms with E-state index in [-0.39, 0.29) is 11.9 Å². The van der Waals surface area contributed by atoms with Gasteiger partial charge in [0.2, 0.25) is 0 Å². The Morgan fingerprint density at radius 2 is 1.36 bits per heavy atom. The normalized spacial score (nSPS) is 21.6. The molecule has 0 spiro atoms. The number of rotatable bonds is 3. The molecule has 0 unspecified atom stereocenters. The van der Waals surface area contributed by atoms with Gasteiger partial charge in [0.05, 0.1) is 5.92 Å². The summed E-state index contributed by atoms with van der Waals surface area (Å²) >= 11 is 0. The number of cyclic esters (lactones) is 1. The number of carbonyl (C=O) groups is 1. The van der Waals surface area contributed by atoms with Crippen molar-refractivity contribution < 1.29 is 9.53 Å². The van der Waals surface area contributed by atoms with Crippen LogP contribution in [0.1, 0.15) is 29.0 Å². The van der Waals surface area contributed by atoms with E-state index in [1.54, 1.807) is 0 Å². The van der Waals surface area contributed by atoms with Crippen molar-refractivity contribution in [3.05, 3.63) is 120 Å². The van der Waals surface area contributed by atoms with Gasteiger partial charge in [-0.15, -0.1) is 0 Å². The van der Waals surface area contributed by atoms with Crippen LogP contribution < -0.4 is 0 Å². The molecule has 136 valence electrons. The Morgan fingerprint density at radius 1 is 0.714 bits per heavy atom. The molecule has 5 rings (SSSR count). The second kappa shape index (κ2) is 6.65. The Morgan fingerprint density at radius 3 is 2.14 bits per heavy atom. The maximum Gasteiger partial charge on any atom is 0.314 e. The summed E-state index contributed by atoms with van der Waals surface area (Å²) in [6, 6.07) is 34.6. The minimum absolute atomic E-state index is 0.164. The van der Waals surface area contributed by atoms with E-state index in [1.807, 2.05) is 66.7 Å². The minimum Gasteiger partial charge on any atom is -0.449 e. The highest BCUT2D eigenvalue weighted by Crippen LogP contribution is 2.50. The van der Waals surface area contributed by atoms with Crippen LogP contribution in [-0.2, 0) is 15.1 Å². The van der Waals surface area contributed by atoms with Crippen molar-refractivity contribution in [2.24, 2.45) is 0 Å². The summed E-state index contributed by atoms with van der Waals surface area (Å²) in [6.45, 7) is 0. The number of carbonyl (C=O) groups excluding carboxylic acids is 1. The molecule has 0 saturated carbocycles. The van der Waals surface area contributed by atoms with Gasteiger partial charge < -0.3 is 4.74 Å². The average Bonchev–Trinajstić information content (AvgIpc) is 3.13. The van der Waals surface area contributed by atoms with Crippen LogP contribution in [0.15, 0.2) is 103 Å². The van der Waals surface area contributed by atoms with Crippen molar-refractivity contribution in [2.75, 3.05) is 0 Å². The van der Waals surface area contributed by atoms with Crippen molar-refractivity contribution >= 4 is 16.7 Å². The summed E-state index contributed by atoms with van der Waals surface area (Å²) in [5, 5.41) is 2.27. The fourth-order valence-electron chi connectivity index (χ4n) is 4.38. The average molecular weight is 364 g/mol. The summed E-state index contributed by atoms with van der Waals surface area (Å²) in [5.74, 6) is -0.441. The maximum atomic E-state index is 13.1. The molecule has 0 radical (unpaired) electrons. The van der Waals surface area contributed by atoms with E-state index >= 15 is 0 Å². The number of hydrogen-bond donors (Lipinski definition) is 0. The van der Waals surface area contributed by atoms with E-state index in [4.69, 9.17) is 4.74 Å². The Balaban J connectivity index is 1.73. The van der Waals surface area contributed by atoms with Gasteiger partial charge in [-0.3, -0.25) is 4.79 Å². The van der Waals surface area contributed by atoms with E-state index in [0.29, 0.717) is 6.42 Å². The molecule has 0 amide bonds. The Labute approximate surface area is 164 Å². The van der Waals surface area contributed by atoms with E-state index in [9.17, 15) is 4.79 Å². The molecule has 0 N–H and O–H groups in total. The molecule has 0 aromatic heterocycles. The van der Waals surface area contributed by atoms with Gasteiger partial charge >= 0.3 is 5.97 Å². The first kappa shape index (κ1) is 16.8. The first-order valence-electron chi connectivity index (χ1n) is 9.59. The van der Waals surface area contributed by atoms with Crippen LogP contribution in [0.4, 0.5) is 0 Å². The molecule has 1 aliphatic rings. The monoisotopic (exact) mass is 364 g/mol.